The second kappa shape index (κ2) is 8.44. The summed E-state index contributed by atoms with van der Waals surface area (Å²) in [4.78, 5) is 3.14. The maximum absolute atomic E-state index is 12.3. The smallest absolute Gasteiger partial charge is 0.402 e. The number of alkyl halides is 3. The highest BCUT2D eigenvalue weighted by atomic mass is 32.2. The molecule has 1 atom stereocenters. The molecule has 10 heteroatoms. The van der Waals surface area contributed by atoms with Gasteiger partial charge in [-0.25, -0.2) is 4.72 Å². The normalized spacial score (nSPS) is 13.5. The topological polar surface area (TPSA) is 83.2 Å². The van der Waals surface area contributed by atoms with Gasteiger partial charge in [-0.1, -0.05) is 30.3 Å². The van der Waals surface area contributed by atoms with Gasteiger partial charge in [0.25, 0.3) is 10.2 Å². The van der Waals surface area contributed by atoms with E-state index in [1.807, 2.05) is 24.3 Å². The van der Waals surface area contributed by atoms with Crippen LogP contribution >= 0.6 is 0 Å². The Hall–Kier alpha value is -2.56. The van der Waals surface area contributed by atoms with Crippen molar-refractivity contribution in [2.24, 2.45) is 0 Å². The molecule has 0 saturated carbocycles. The van der Waals surface area contributed by atoms with Crippen molar-refractivity contribution in [3.63, 3.8) is 0 Å². The number of para-hydroxylation sites is 1. The average Bonchev–Trinajstić information content (AvgIpc) is 3.11. The lowest BCUT2D eigenvalue weighted by molar-refractivity contribution is -0.121. The lowest BCUT2D eigenvalue weighted by Crippen LogP contribution is -2.42. The molecule has 156 valence electrons. The van der Waals surface area contributed by atoms with E-state index in [2.05, 4.69) is 9.71 Å². The van der Waals surface area contributed by atoms with Crippen LogP contribution in [0.2, 0.25) is 0 Å². The highest BCUT2D eigenvalue weighted by Gasteiger charge is 2.30. The number of rotatable bonds is 8. The van der Waals surface area contributed by atoms with Crippen molar-refractivity contribution in [1.82, 2.24) is 14.4 Å². The Morgan fingerprint density at radius 1 is 1.07 bits per heavy atom. The first-order valence-electron chi connectivity index (χ1n) is 8.69. The van der Waals surface area contributed by atoms with Gasteiger partial charge in [0.2, 0.25) is 0 Å². The van der Waals surface area contributed by atoms with Crippen molar-refractivity contribution in [1.29, 1.82) is 0 Å². The molecule has 0 amide bonds. The third-order valence-corrected chi connectivity index (χ3v) is 5.53. The molecule has 1 aromatic heterocycles. The van der Waals surface area contributed by atoms with E-state index >= 15 is 0 Å². The van der Waals surface area contributed by atoms with Crippen molar-refractivity contribution < 1.29 is 26.3 Å². The molecule has 0 unspecified atom stereocenters. The number of aromatic nitrogens is 1. The van der Waals surface area contributed by atoms with Crippen LogP contribution in [0.15, 0.2) is 54.7 Å². The van der Waals surface area contributed by atoms with Crippen molar-refractivity contribution in [3.8, 4) is 5.75 Å². The van der Waals surface area contributed by atoms with Crippen LogP contribution in [-0.2, 0) is 10.2 Å². The zero-order valence-electron chi connectivity index (χ0n) is 15.5. The number of aromatic amines is 1. The molecule has 29 heavy (non-hydrogen) atoms. The number of halogens is 3. The molecule has 1 heterocycles. The van der Waals surface area contributed by atoms with Gasteiger partial charge in [-0.2, -0.15) is 26.3 Å². The summed E-state index contributed by atoms with van der Waals surface area (Å²) in [6.45, 7) is -1.76. The summed E-state index contributed by atoms with van der Waals surface area (Å²) in [6.07, 6.45) is -2.86. The molecule has 0 fully saturated rings. The van der Waals surface area contributed by atoms with Crippen molar-refractivity contribution in [2.75, 3.05) is 20.2 Å². The molecule has 0 aliphatic rings. The standard InChI is InChI=1S/C19H20F3N3O3S/c1-28-14-8-6-13(7-9-14)16(11-24-29(26,27)25-12-19(20,21)22)17-10-23-18-5-3-2-4-15(17)18/h2-10,16,23-25H,11-12H2,1H3/t16-/m1/s1. The van der Waals surface area contributed by atoms with Gasteiger partial charge in [-0.3, -0.25) is 0 Å². The summed E-state index contributed by atoms with van der Waals surface area (Å²) in [5, 5.41) is 0.899. The van der Waals surface area contributed by atoms with Gasteiger partial charge in [0.15, 0.2) is 0 Å². The van der Waals surface area contributed by atoms with Gasteiger partial charge < -0.3 is 9.72 Å². The first kappa shape index (κ1) is 21.2. The number of benzene rings is 2. The summed E-state index contributed by atoms with van der Waals surface area (Å²) in [5.41, 5.74) is 2.48. The van der Waals surface area contributed by atoms with Crippen LogP contribution in [0.5, 0.6) is 5.75 Å². The Morgan fingerprint density at radius 3 is 2.41 bits per heavy atom. The van der Waals surface area contributed by atoms with E-state index in [1.165, 1.54) is 11.8 Å². The third-order valence-electron chi connectivity index (χ3n) is 4.45. The van der Waals surface area contributed by atoms with Gasteiger partial charge in [-0.15, -0.1) is 0 Å². The molecule has 0 aliphatic heterocycles. The summed E-state index contributed by atoms with van der Waals surface area (Å²) >= 11 is 0. The largest absolute Gasteiger partial charge is 0.497 e. The Balaban J connectivity index is 1.89. The SMILES string of the molecule is COc1ccc([C@@H](CNS(=O)(=O)NCC(F)(F)F)c2c[nH]c3ccccc23)cc1. The second-order valence-corrected chi connectivity index (χ2v) is 7.99. The summed E-state index contributed by atoms with van der Waals surface area (Å²) in [7, 11) is -2.80. The van der Waals surface area contributed by atoms with E-state index in [0.717, 1.165) is 22.0 Å². The van der Waals surface area contributed by atoms with Gasteiger partial charge in [0.05, 0.1) is 7.11 Å². The molecule has 3 rings (SSSR count). The lowest BCUT2D eigenvalue weighted by Gasteiger charge is -2.19. The first-order valence-corrected chi connectivity index (χ1v) is 10.2. The summed E-state index contributed by atoms with van der Waals surface area (Å²) in [5.74, 6) is 0.207. The van der Waals surface area contributed by atoms with Crippen LogP contribution in [-0.4, -0.2) is 39.8 Å². The van der Waals surface area contributed by atoms with E-state index in [9.17, 15) is 21.6 Å². The Bertz CT molecular complexity index is 1060. The first-order chi connectivity index (χ1) is 13.7. The fraction of sp³-hybridized carbons (Fsp3) is 0.263. The second-order valence-electron chi connectivity index (χ2n) is 6.40. The molecule has 0 saturated heterocycles. The van der Waals surface area contributed by atoms with Crippen molar-refractivity contribution in [2.45, 2.75) is 12.1 Å². The predicted octanol–water partition coefficient (Wildman–Crippen LogP) is 3.29. The maximum atomic E-state index is 12.3. The van der Waals surface area contributed by atoms with Gasteiger partial charge in [0, 0.05) is 29.6 Å². The van der Waals surface area contributed by atoms with E-state index in [1.54, 1.807) is 30.5 Å². The van der Waals surface area contributed by atoms with Crippen LogP contribution in [0.25, 0.3) is 10.9 Å². The van der Waals surface area contributed by atoms with E-state index in [-0.39, 0.29) is 6.54 Å². The lowest BCUT2D eigenvalue weighted by atomic mass is 9.91. The van der Waals surface area contributed by atoms with Crippen LogP contribution < -0.4 is 14.2 Å². The molecule has 0 bridgehead atoms. The Labute approximate surface area is 166 Å². The van der Waals surface area contributed by atoms with Crippen molar-refractivity contribution in [3.05, 3.63) is 65.9 Å². The number of ether oxygens (including phenoxy) is 1. The monoisotopic (exact) mass is 427 g/mol. The number of hydrogen-bond donors (Lipinski definition) is 3. The van der Waals surface area contributed by atoms with E-state index < -0.39 is 28.8 Å². The minimum atomic E-state index is -4.64. The van der Waals surface area contributed by atoms with Crippen molar-refractivity contribution >= 4 is 21.1 Å². The Kier molecular flexibility index (Phi) is 6.15. The minimum Gasteiger partial charge on any atom is -0.497 e. The molecule has 6 nitrogen and oxygen atoms in total. The van der Waals surface area contributed by atoms with Crippen LogP contribution in [0.3, 0.4) is 0 Å². The minimum absolute atomic E-state index is 0.124. The third kappa shape index (κ3) is 5.49. The highest BCUT2D eigenvalue weighted by molar-refractivity contribution is 7.87. The van der Waals surface area contributed by atoms with Crippen LogP contribution in [0.1, 0.15) is 17.0 Å². The van der Waals surface area contributed by atoms with Gasteiger partial charge >= 0.3 is 6.18 Å². The highest BCUT2D eigenvalue weighted by Crippen LogP contribution is 2.31. The Morgan fingerprint density at radius 2 is 1.76 bits per heavy atom. The number of H-pyrrole nitrogens is 1. The molecule has 3 N–H and O–H groups in total. The number of nitrogens with one attached hydrogen (secondary N) is 3. The zero-order chi connectivity index (χ0) is 21.1. The van der Waals surface area contributed by atoms with Gasteiger partial charge in [-0.05, 0) is 29.3 Å². The predicted molar refractivity (Wildman–Crippen MR) is 104 cm³/mol. The van der Waals surface area contributed by atoms with E-state index in [0.29, 0.717) is 5.75 Å². The summed E-state index contributed by atoms with van der Waals surface area (Å²) < 4.78 is 69.9. The molecule has 2 aromatic carbocycles. The molecule has 0 spiro atoms. The molecule has 3 aromatic rings. The van der Waals surface area contributed by atoms with Crippen LogP contribution in [0.4, 0.5) is 13.2 Å². The fourth-order valence-electron chi connectivity index (χ4n) is 3.05. The zero-order valence-corrected chi connectivity index (χ0v) is 16.3. The van der Waals surface area contributed by atoms with Gasteiger partial charge in [0.1, 0.15) is 12.3 Å². The van der Waals surface area contributed by atoms with Crippen LogP contribution in [0, 0.1) is 0 Å². The number of hydrogen-bond acceptors (Lipinski definition) is 3. The molecule has 0 aliphatic carbocycles. The fourth-order valence-corrected chi connectivity index (χ4v) is 3.89. The average molecular weight is 427 g/mol. The molecule has 0 radical (unpaired) electrons. The summed E-state index contributed by atoms with van der Waals surface area (Å²) in [6, 6.07) is 14.6. The molecular formula is C19H20F3N3O3S. The number of fused-ring (bicyclic) bond motifs is 1. The quantitative estimate of drug-likeness (QED) is 0.516. The van der Waals surface area contributed by atoms with E-state index in [4.69, 9.17) is 4.74 Å². The molecular weight excluding hydrogens is 407 g/mol. The maximum Gasteiger partial charge on any atom is 0.402 e. The number of methoxy groups -OCH3 is 1.